The molecule has 0 unspecified atom stereocenters. The fourth-order valence-corrected chi connectivity index (χ4v) is 1.53. The van der Waals surface area contributed by atoms with Gasteiger partial charge in [-0.15, -0.1) is 13.2 Å². The number of ether oxygens (including phenoxy) is 1. The highest BCUT2D eigenvalue weighted by molar-refractivity contribution is 9.13. The molecule has 0 aliphatic heterocycles. The Bertz CT molecular complexity index is 395. The van der Waals surface area contributed by atoms with Crippen LogP contribution in [0.15, 0.2) is 15.3 Å². The SMILES string of the molecule is FC(F)c1cnc(Br)c(Br)c1OC(F)(F)F. The molecule has 1 aromatic rings. The van der Waals surface area contributed by atoms with Gasteiger partial charge in [0.1, 0.15) is 4.60 Å². The van der Waals surface area contributed by atoms with Gasteiger partial charge < -0.3 is 4.74 Å². The smallest absolute Gasteiger partial charge is 0.404 e. The summed E-state index contributed by atoms with van der Waals surface area (Å²) in [5.74, 6) is -0.996. The fourth-order valence-electron chi connectivity index (χ4n) is 0.837. The van der Waals surface area contributed by atoms with Crippen molar-refractivity contribution in [3.05, 3.63) is 20.8 Å². The first kappa shape index (κ1) is 13.6. The van der Waals surface area contributed by atoms with E-state index in [1.807, 2.05) is 0 Å². The van der Waals surface area contributed by atoms with Gasteiger partial charge in [-0.3, -0.25) is 0 Å². The van der Waals surface area contributed by atoms with Crippen LogP contribution in [0.25, 0.3) is 0 Å². The van der Waals surface area contributed by atoms with E-state index < -0.39 is 24.1 Å². The lowest BCUT2D eigenvalue weighted by Crippen LogP contribution is -2.19. The Balaban J connectivity index is 3.26. The molecule has 0 aromatic carbocycles. The predicted molar refractivity (Wildman–Crippen MR) is 51.3 cm³/mol. The molecule has 0 radical (unpaired) electrons. The third kappa shape index (κ3) is 3.27. The monoisotopic (exact) mass is 369 g/mol. The van der Waals surface area contributed by atoms with Gasteiger partial charge in [-0.2, -0.15) is 0 Å². The van der Waals surface area contributed by atoms with Crippen molar-refractivity contribution >= 4 is 31.9 Å². The van der Waals surface area contributed by atoms with Gasteiger partial charge in [0.05, 0.1) is 10.0 Å². The number of nitrogens with zero attached hydrogens (tertiary/aromatic N) is 1. The zero-order chi connectivity index (χ0) is 12.5. The van der Waals surface area contributed by atoms with Crippen molar-refractivity contribution in [2.24, 2.45) is 0 Å². The Kier molecular flexibility index (Phi) is 4.11. The van der Waals surface area contributed by atoms with E-state index in [0.717, 1.165) is 0 Å². The van der Waals surface area contributed by atoms with Crippen molar-refractivity contribution < 1.29 is 26.7 Å². The molecule has 0 atom stereocenters. The summed E-state index contributed by atoms with van der Waals surface area (Å²) in [5.41, 5.74) is -0.938. The molecule has 0 saturated heterocycles. The Morgan fingerprint density at radius 2 is 1.81 bits per heavy atom. The fraction of sp³-hybridized carbons (Fsp3) is 0.286. The second-order valence-electron chi connectivity index (χ2n) is 2.50. The summed E-state index contributed by atoms with van der Waals surface area (Å²) in [6, 6.07) is 0. The van der Waals surface area contributed by atoms with Gasteiger partial charge in [0, 0.05) is 6.20 Å². The van der Waals surface area contributed by atoms with Crippen LogP contribution in [0.5, 0.6) is 5.75 Å². The Labute approximate surface area is 103 Å². The van der Waals surface area contributed by atoms with Crippen molar-refractivity contribution in [3.8, 4) is 5.75 Å². The van der Waals surface area contributed by atoms with Crippen LogP contribution in [0.1, 0.15) is 12.0 Å². The van der Waals surface area contributed by atoms with Crippen molar-refractivity contribution in [1.82, 2.24) is 4.98 Å². The zero-order valence-corrected chi connectivity index (χ0v) is 10.3. The molecular weight excluding hydrogens is 369 g/mol. The topological polar surface area (TPSA) is 22.1 Å². The van der Waals surface area contributed by atoms with E-state index in [1.54, 1.807) is 0 Å². The van der Waals surface area contributed by atoms with E-state index in [-0.39, 0.29) is 9.08 Å². The molecule has 1 rings (SSSR count). The molecule has 0 spiro atoms. The van der Waals surface area contributed by atoms with Crippen LogP contribution in [0.3, 0.4) is 0 Å². The minimum absolute atomic E-state index is 0.0591. The second kappa shape index (κ2) is 4.82. The quantitative estimate of drug-likeness (QED) is 0.567. The first-order chi connectivity index (χ1) is 7.22. The average Bonchev–Trinajstić information content (AvgIpc) is 2.10. The van der Waals surface area contributed by atoms with Crippen LogP contribution < -0.4 is 4.74 Å². The van der Waals surface area contributed by atoms with Gasteiger partial charge in [-0.05, 0) is 31.9 Å². The number of rotatable bonds is 2. The van der Waals surface area contributed by atoms with Crippen LogP contribution in [0.4, 0.5) is 22.0 Å². The summed E-state index contributed by atoms with van der Waals surface area (Å²) < 4.78 is 63.8. The zero-order valence-electron chi connectivity index (χ0n) is 7.16. The van der Waals surface area contributed by atoms with Crippen LogP contribution in [-0.2, 0) is 0 Å². The van der Waals surface area contributed by atoms with E-state index in [0.29, 0.717) is 6.20 Å². The summed E-state index contributed by atoms with van der Waals surface area (Å²) in [4.78, 5) is 3.43. The molecule has 2 nitrogen and oxygen atoms in total. The number of pyridine rings is 1. The number of halogens is 7. The second-order valence-corrected chi connectivity index (χ2v) is 4.04. The van der Waals surface area contributed by atoms with Gasteiger partial charge in [0.15, 0.2) is 5.75 Å². The van der Waals surface area contributed by atoms with Gasteiger partial charge >= 0.3 is 6.36 Å². The van der Waals surface area contributed by atoms with E-state index in [1.165, 1.54) is 0 Å². The maximum atomic E-state index is 12.4. The highest BCUT2D eigenvalue weighted by Crippen LogP contribution is 2.40. The third-order valence-corrected chi connectivity index (χ3v) is 3.28. The highest BCUT2D eigenvalue weighted by atomic mass is 79.9. The van der Waals surface area contributed by atoms with Crippen molar-refractivity contribution in [3.63, 3.8) is 0 Å². The maximum Gasteiger partial charge on any atom is 0.573 e. The van der Waals surface area contributed by atoms with Crippen molar-refractivity contribution in [1.29, 1.82) is 0 Å². The van der Waals surface area contributed by atoms with Crippen molar-refractivity contribution in [2.45, 2.75) is 12.8 Å². The average molecular weight is 371 g/mol. The van der Waals surface area contributed by atoms with E-state index in [9.17, 15) is 22.0 Å². The molecule has 0 aliphatic carbocycles. The summed E-state index contributed by atoms with van der Waals surface area (Å²) in [7, 11) is 0. The van der Waals surface area contributed by atoms with Crippen LogP contribution >= 0.6 is 31.9 Å². The molecule has 90 valence electrons. The molecule has 16 heavy (non-hydrogen) atoms. The number of aromatic nitrogens is 1. The number of hydrogen-bond donors (Lipinski definition) is 0. The first-order valence-corrected chi connectivity index (χ1v) is 5.18. The summed E-state index contributed by atoms with van der Waals surface area (Å²) in [5, 5.41) is 0. The predicted octanol–water partition coefficient (Wildman–Crippen LogP) is 4.44. The first-order valence-electron chi connectivity index (χ1n) is 3.60. The van der Waals surface area contributed by atoms with Crippen molar-refractivity contribution in [2.75, 3.05) is 0 Å². The number of alkyl halides is 5. The largest absolute Gasteiger partial charge is 0.573 e. The number of hydrogen-bond acceptors (Lipinski definition) is 2. The lowest BCUT2D eigenvalue weighted by atomic mass is 10.3. The van der Waals surface area contributed by atoms with Gasteiger partial charge in [0.2, 0.25) is 0 Å². The highest BCUT2D eigenvalue weighted by Gasteiger charge is 2.35. The Morgan fingerprint density at radius 3 is 2.25 bits per heavy atom. The third-order valence-electron chi connectivity index (χ3n) is 1.41. The van der Waals surface area contributed by atoms with E-state index in [2.05, 4.69) is 41.6 Å². The lowest BCUT2D eigenvalue weighted by Gasteiger charge is -2.14. The van der Waals surface area contributed by atoms with Crippen LogP contribution in [0.2, 0.25) is 0 Å². The molecule has 0 amide bonds. The van der Waals surface area contributed by atoms with Crippen LogP contribution in [-0.4, -0.2) is 11.3 Å². The summed E-state index contributed by atoms with van der Waals surface area (Å²) in [6.45, 7) is 0. The standard InChI is InChI=1S/C7H2Br2F5NO/c8-3-4(16-7(12,13)14)2(6(10)11)1-15-5(3)9/h1,6H. The summed E-state index contributed by atoms with van der Waals surface area (Å²) >= 11 is 5.47. The lowest BCUT2D eigenvalue weighted by molar-refractivity contribution is -0.275. The minimum atomic E-state index is -5.05. The van der Waals surface area contributed by atoms with E-state index in [4.69, 9.17) is 0 Å². The molecule has 0 fully saturated rings. The molecule has 1 heterocycles. The molecule has 0 saturated carbocycles. The minimum Gasteiger partial charge on any atom is -0.404 e. The van der Waals surface area contributed by atoms with Gasteiger partial charge in [0.25, 0.3) is 6.43 Å². The van der Waals surface area contributed by atoms with Gasteiger partial charge in [-0.25, -0.2) is 13.8 Å². The maximum absolute atomic E-state index is 12.4. The normalized spacial score (nSPS) is 12.0. The molecular formula is C7H2Br2F5NO. The molecule has 1 aromatic heterocycles. The molecule has 0 N–H and O–H groups in total. The summed E-state index contributed by atoms with van der Waals surface area (Å²) in [6.07, 6.45) is -7.55. The molecule has 0 bridgehead atoms. The molecule has 9 heteroatoms. The Morgan fingerprint density at radius 1 is 1.25 bits per heavy atom. The van der Waals surface area contributed by atoms with Crippen LogP contribution in [0, 0.1) is 0 Å². The van der Waals surface area contributed by atoms with Gasteiger partial charge in [-0.1, -0.05) is 0 Å². The molecule has 0 aliphatic rings. The Hall–Kier alpha value is -0.440. The van der Waals surface area contributed by atoms with E-state index >= 15 is 0 Å².